The summed E-state index contributed by atoms with van der Waals surface area (Å²) in [5.41, 5.74) is 1.48. The second-order valence-electron chi connectivity index (χ2n) is 2.63. The molecule has 0 saturated heterocycles. The van der Waals surface area contributed by atoms with Crippen molar-refractivity contribution in [2.75, 3.05) is 7.05 Å². The second-order valence-corrected chi connectivity index (χ2v) is 2.63. The molecule has 0 N–H and O–H groups in total. The molecule has 0 aromatic carbocycles. The topological polar surface area (TPSA) is 3.24 Å². The first-order valence-corrected chi connectivity index (χ1v) is 3.64. The van der Waals surface area contributed by atoms with Crippen molar-refractivity contribution >= 4 is 0 Å². The Morgan fingerprint density at radius 1 is 1.55 bits per heavy atom. The molecule has 2 heteroatoms. The van der Waals surface area contributed by atoms with Crippen LogP contribution in [0.2, 0.25) is 0 Å². The van der Waals surface area contributed by atoms with Gasteiger partial charge in [-0.05, 0) is 12.0 Å². The minimum absolute atomic E-state index is 0.230. The van der Waals surface area contributed by atoms with Crippen molar-refractivity contribution in [3.63, 3.8) is 0 Å². The molecule has 1 aliphatic heterocycles. The fraction of sp³-hybridized carbons (Fsp3) is 0.333. The van der Waals surface area contributed by atoms with E-state index in [0.717, 1.165) is 12.0 Å². The number of allylic oxidation sites excluding steroid dienone is 3. The van der Waals surface area contributed by atoms with E-state index in [1.165, 1.54) is 6.20 Å². The third kappa shape index (κ3) is 1.50. The van der Waals surface area contributed by atoms with Gasteiger partial charge in [-0.2, -0.15) is 0 Å². The lowest BCUT2D eigenvalue weighted by Crippen LogP contribution is -2.09. The van der Waals surface area contributed by atoms with Crippen molar-refractivity contribution in [2.45, 2.75) is 13.3 Å². The third-order valence-electron chi connectivity index (χ3n) is 1.73. The maximum absolute atomic E-state index is 12.9. The van der Waals surface area contributed by atoms with E-state index < -0.39 is 0 Å². The Labute approximate surface area is 66.5 Å². The Bertz CT molecular complexity index is 238. The van der Waals surface area contributed by atoms with Gasteiger partial charge in [-0.15, -0.1) is 0 Å². The summed E-state index contributed by atoms with van der Waals surface area (Å²) in [5, 5.41) is 0. The van der Waals surface area contributed by atoms with Gasteiger partial charge < -0.3 is 4.90 Å². The predicted molar refractivity (Wildman–Crippen MR) is 44.5 cm³/mol. The summed E-state index contributed by atoms with van der Waals surface area (Å²) in [6.45, 7) is 5.63. The Morgan fingerprint density at radius 2 is 2.18 bits per heavy atom. The minimum atomic E-state index is -0.230. The monoisotopic (exact) mass is 153 g/mol. The molecule has 0 radical (unpaired) electrons. The van der Waals surface area contributed by atoms with Gasteiger partial charge in [0.05, 0.1) is 0 Å². The zero-order valence-corrected chi connectivity index (χ0v) is 6.89. The molecule has 0 amide bonds. The van der Waals surface area contributed by atoms with Gasteiger partial charge in [0.1, 0.15) is 5.83 Å². The summed E-state index contributed by atoms with van der Waals surface area (Å²) in [6, 6.07) is 0. The molecule has 60 valence electrons. The largest absolute Gasteiger partial charge is 0.354 e. The standard InChI is InChI=1S/C9H12FN/c1-4-8-5-11(3)6-9(10)7(8)2/h5-6H,2,4H2,1,3H3. The van der Waals surface area contributed by atoms with Gasteiger partial charge >= 0.3 is 0 Å². The smallest absolute Gasteiger partial charge is 0.146 e. The average Bonchev–Trinajstić information content (AvgIpc) is 1.96. The van der Waals surface area contributed by atoms with Crippen LogP contribution in [0.15, 0.2) is 36.0 Å². The fourth-order valence-corrected chi connectivity index (χ4v) is 1.08. The van der Waals surface area contributed by atoms with Gasteiger partial charge in [-0.1, -0.05) is 13.5 Å². The van der Waals surface area contributed by atoms with Crippen molar-refractivity contribution in [2.24, 2.45) is 0 Å². The van der Waals surface area contributed by atoms with Crippen LogP contribution in [-0.4, -0.2) is 11.9 Å². The molecule has 1 rings (SSSR count). The molecule has 0 aromatic rings. The quantitative estimate of drug-likeness (QED) is 0.559. The molecule has 0 aromatic heterocycles. The van der Waals surface area contributed by atoms with Crippen LogP contribution in [0.3, 0.4) is 0 Å². The summed E-state index contributed by atoms with van der Waals surface area (Å²) < 4.78 is 12.9. The molecule has 0 spiro atoms. The summed E-state index contributed by atoms with van der Waals surface area (Å²) >= 11 is 0. The van der Waals surface area contributed by atoms with E-state index in [1.54, 1.807) is 4.90 Å². The van der Waals surface area contributed by atoms with E-state index in [1.807, 2.05) is 20.2 Å². The average molecular weight is 153 g/mol. The third-order valence-corrected chi connectivity index (χ3v) is 1.73. The van der Waals surface area contributed by atoms with E-state index in [2.05, 4.69) is 6.58 Å². The van der Waals surface area contributed by atoms with Gasteiger partial charge in [-0.25, -0.2) is 4.39 Å². The van der Waals surface area contributed by atoms with Crippen molar-refractivity contribution in [1.82, 2.24) is 4.90 Å². The molecule has 1 aliphatic rings. The van der Waals surface area contributed by atoms with Crippen LogP contribution in [0.25, 0.3) is 0 Å². The van der Waals surface area contributed by atoms with Crippen LogP contribution < -0.4 is 0 Å². The van der Waals surface area contributed by atoms with Crippen molar-refractivity contribution in [3.8, 4) is 0 Å². The van der Waals surface area contributed by atoms with E-state index in [-0.39, 0.29) is 5.83 Å². The first-order chi connectivity index (χ1) is 5.15. The maximum Gasteiger partial charge on any atom is 0.146 e. The maximum atomic E-state index is 12.9. The Hall–Kier alpha value is -1.05. The number of hydrogen-bond donors (Lipinski definition) is 0. The van der Waals surface area contributed by atoms with E-state index in [4.69, 9.17) is 0 Å². The Morgan fingerprint density at radius 3 is 2.73 bits per heavy atom. The van der Waals surface area contributed by atoms with E-state index >= 15 is 0 Å². The summed E-state index contributed by atoms with van der Waals surface area (Å²) in [5.74, 6) is -0.230. The highest BCUT2D eigenvalue weighted by atomic mass is 19.1. The molecule has 11 heavy (non-hydrogen) atoms. The highest BCUT2D eigenvalue weighted by molar-refractivity contribution is 5.43. The van der Waals surface area contributed by atoms with Crippen LogP contribution in [-0.2, 0) is 0 Å². The molecule has 1 nitrogen and oxygen atoms in total. The lowest BCUT2D eigenvalue weighted by molar-refractivity contribution is 0.544. The van der Waals surface area contributed by atoms with Gasteiger partial charge in [0.25, 0.3) is 0 Å². The van der Waals surface area contributed by atoms with Crippen LogP contribution in [0.1, 0.15) is 13.3 Å². The van der Waals surface area contributed by atoms with Gasteiger partial charge in [0.15, 0.2) is 0 Å². The lowest BCUT2D eigenvalue weighted by atomic mass is 10.0. The fourth-order valence-electron chi connectivity index (χ4n) is 1.08. The van der Waals surface area contributed by atoms with Crippen molar-refractivity contribution < 1.29 is 4.39 Å². The van der Waals surface area contributed by atoms with Crippen LogP contribution in [0.5, 0.6) is 0 Å². The van der Waals surface area contributed by atoms with E-state index in [9.17, 15) is 4.39 Å². The zero-order valence-electron chi connectivity index (χ0n) is 6.89. The molecular formula is C9H12FN. The molecule has 0 fully saturated rings. The molecule has 0 atom stereocenters. The molecule has 0 saturated carbocycles. The van der Waals surface area contributed by atoms with Crippen LogP contribution in [0, 0.1) is 0 Å². The first kappa shape index (κ1) is 8.05. The Kier molecular flexibility index (Phi) is 2.13. The van der Waals surface area contributed by atoms with Gasteiger partial charge in [-0.3, -0.25) is 0 Å². The first-order valence-electron chi connectivity index (χ1n) is 3.64. The van der Waals surface area contributed by atoms with Crippen LogP contribution >= 0.6 is 0 Å². The summed E-state index contributed by atoms with van der Waals surface area (Å²) in [4.78, 5) is 1.71. The highest BCUT2D eigenvalue weighted by Gasteiger charge is 2.11. The van der Waals surface area contributed by atoms with E-state index in [0.29, 0.717) is 5.57 Å². The summed E-state index contributed by atoms with van der Waals surface area (Å²) in [7, 11) is 1.81. The van der Waals surface area contributed by atoms with Crippen LogP contribution in [0.4, 0.5) is 4.39 Å². The second kappa shape index (κ2) is 2.91. The summed E-state index contributed by atoms with van der Waals surface area (Å²) in [6.07, 6.45) is 4.15. The Balaban J connectivity index is 2.91. The number of nitrogens with zero attached hydrogens (tertiary/aromatic N) is 1. The number of rotatable bonds is 1. The van der Waals surface area contributed by atoms with Crippen molar-refractivity contribution in [1.29, 1.82) is 0 Å². The van der Waals surface area contributed by atoms with Crippen molar-refractivity contribution in [3.05, 3.63) is 36.0 Å². The normalized spacial score (nSPS) is 18.1. The molecule has 0 bridgehead atoms. The molecule has 0 aliphatic carbocycles. The highest BCUT2D eigenvalue weighted by Crippen LogP contribution is 2.25. The molecule has 1 heterocycles. The molecular weight excluding hydrogens is 141 g/mol. The minimum Gasteiger partial charge on any atom is -0.354 e. The van der Waals surface area contributed by atoms with Gasteiger partial charge in [0.2, 0.25) is 0 Å². The molecule has 0 unspecified atom stereocenters. The zero-order chi connectivity index (χ0) is 8.43. The SMILES string of the molecule is C=C1C(F)=CN(C)C=C1CC. The number of hydrogen-bond acceptors (Lipinski definition) is 1. The number of halogens is 1. The lowest BCUT2D eigenvalue weighted by Gasteiger charge is -2.18. The predicted octanol–water partition coefficient (Wildman–Crippen LogP) is 2.59. The van der Waals surface area contributed by atoms with Gasteiger partial charge in [0, 0.05) is 25.0 Å².